The highest BCUT2D eigenvalue weighted by Crippen LogP contribution is 2.27. The Morgan fingerprint density at radius 1 is 1.38 bits per heavy atom. The lowest BCUT2D eigenvalue weighted by Crippen LogP contribution is -2.34. The average molecular weight is 285 g/mol. The van der Waals surface area contributed by atoms with Gasteiger partial charge in [-0.05, 0) is 49.1 Å². The van der Waals surface area contributed by atoms with Crippen molar-refractivity contribution in [1.82, 2.24) is 25.4 Å². The van der Waals surface area contributed by atoms with Gasteiger partial charge >= 0.3 is 0 Å². The zero-order valence-electron chi connectivity index (χ0n) is 11.8. The molecular formula is C15H19N5O. The van der Waals surface area contributed by atoms with E-state index in [1.807, 2.05) is 24.4 Å². The minimum atomic E-state index is 0.0214. The lowest BCUT2D eigenvalue weighted by molar-refractivity contribution is -0.120. The Kier molecular flexibility index (Phi) is 4.25. The standard InChI is InChI=1S/C15H19N5O/c21-15(11-16-9-12-2-3-12)18-10-13-4-6-17-14(8-13)20-7-1-5-19-20/h1,4-8,12,16H,2-3,9-11H2,(H,18,21). The molecule has 1 aliphatic carbocycles. The van der Waals surface area contributed by atoms with Crippen molar-refractivity contribution in [2.75, 3.05) is 13.1 Å². The lowest BCUT2D eigenvalue weighted by Gasteiger charge is -2.07. The van der Waals surface area contributed by atoms with E-state index in [1.54, 1.807) is 17.1 Å². The lowest BCUT2D eigenvalue weighted by atomic mass is 10.2. The third-order valence-electron chi connectivity index (χ3n) is 3.45. The fourth-order valence-electron chi connectivity index (χ4n) is 2.08. The van der Waals surface area contributed by atoms with Crippen molar-refractivity contribution in [2.45, 2.75) is 19.4 Å². The maximum atomic E-state index is 11.7. The Bertz CT molecular complexity index is 592. The topological polar surface area (TPSA) is 71.8 Å². The van der Waals surface area contributed by atoms with Crippen molar-refractivity contribution in [1.29, 1.82) is 0 Å². The Hall–Kier alpha value is -2.21. The van der Waals surface area contributed by atoms with Crippen LogP contribution in [0.4, 0.5) is 0 Å². The number of nitrogens with one attached hydrogen (secondary N) is 2. The van der Waals surface area contributed by atoms with Gasteiger partial charge in [0.2, 0.25) is 5.91 Å². The number of hydrogen-bond donors (Lipinski definition) is 2. The Labute approximate surface area is 123 Å². The van der Waals surface area contributed by atoms with Crippen molar-refractivity contribution in [2.24, 2.45) is 5.92 Å². The summed E-state index contributed by atoms with van der Waals surface area (Å²) in [6.45, 7) is 1.83. The minimum Gasteiger partial charge on any atom is -0.351 e. The molecule has 6 heteroatoms. The fraction of sp³-hybridized carbons (Fsp3) is 0.400. The van der Waals surface area contributed by atoms with E-state index in [2.05, 4.69) is 20.7 Å². The van der Waals surface area contributed by atoms with E-state index < -0.39 is 0 Å². The van der Waals surface area contributed by atoms with Gasteiger partial charge in [-0.3, -0.25) is 4.79 Å². The molecule has 0 saturated heterocycles. The molecule has 2 heterocycles. The van der Waals surface area contributed by atoms with Crippen LogP contribution in [-0.2, 0) is 11.3 Å². The van der Waals surface area contributed by atoms with Gasteiger partial charge in [0, 0.05) is 25.1 Å². The zero-order chi connectivity index (χ0) is 14.5. The number of rotatable bonds is 7. The molecule has 0 spiro atoms. The number of pyridine rings is 1. The van der Waals surface area contributed by atoms with Crippen LogP contribution < -0.4 is 10.6 Å². The van der Waals surface area contributed by atoms with Gasteiger partial charge in [0.15, 0.2) is 5.82 Å². The molecule has 3 rings (SSSR count). The monoisotopic (exact) mass is 285 g/mol. The number of amides is 1. The first kappa shape index (κ1) is 13.8. The van der Waals surface area contributed by atoms with Crippen LogP contribution in [-0.4, -0.2) is 33.8 Å². The van der Waals surface area contributed by atoms with Crippen LogP contribution >= 0.6 is 0 Å². The molecule has 0 aliphatic heterocycles. The molecule has 0 bridgehead atoms. The molecule has 0 atom stereocenters. The normalized spacial score (nSPS) is 14.1. The van der Waals surface area contributed by atoms with Gasteiger partial charge in [0.05, 0.1) is 6.54 Å². The first-order valence-electron chi connectivity index (χ1n) is 7.23. The van der Waals surface area contributed by atoms with Crippen LogP contribution in [0.3, 0.4) is 0 Å². The Balaban J connectivity index is 1.48. The van der Waals surface area contributed by atoms with Crippen molar-refractivity contribution in [3.63, 3.8) is 0 Å². The van der Waals surface area contributed by atoms with Crippen LogP contribution in [0.5, 0.6) is 0 Å². The third kappa shape index (κ3) is 4.13. The number of aromatic nitrogens is 3. The molecule has 1 saturated carbocycles. The summed E-state index contributed by atoms with van der Waals surface area (Å²) in [7, 11) is 0. The Morgan fingerprint density at radius 2 is 2.29 bits per heavy atom. The summed E-state index contributed by atoms with van der Waals surface area (Å²) < 4.78 is 1.70. The second kappa shape index (κ2) is 6.49. The van der Waals surface area contributed by atoms with Crippen LogP contribution in [0.15, 0.2) is 36.8 Å². The highest BCUT2D eigenvalue weighted by Gasteiger charge is 2.20. The predicted octanol–water partition coefficient (Wildman–Crippen LogP) is 0.883. The van der Waals surface area contributed by atoms with Gasteiger partial charge < -0.3 is 10.6 Å². The maximum absolute atomic E-state index is 11.7. The molecule has 110 valence electrons. The van der Waals surface area contributed by atoms with Crippen LogP contribution in [0.25, 0.3) is 5.82 Å². The number of nitrogens with zero attached hydrogens (tertiary/aromatic N) is 3. The van der Waals surface area contributed by atoms with Crippen LogP contribution in [0.1, 0.15) is 18.4 Å². The second-order valence-electron chi connectivity index (χ2n) is 5.32. The van der Waals surface area contributed by atoms with Crippen molar-refractivity contribution in [3.8, 4) is 5.82 Å². The minimum absolute atomic E-state index is 0.0214. The van der Waals surface area contributed by atoms with Gasteiger partial charge in [0.25, 0.3) is 0 Å². The number of carbonyl (C=O) groups excluding carboxylic acids is 1. The largest absolute Gasteiger partial charge is 0.351 e. The summed E-state index contributed by atoms with van der Waals surface area (Å²) >= 11 is 0. The van der Waals surface area contributed by atoms with E-state index in [1.165, 1.54) is 12.8 Å². The molecule has 2 aromatic rings. The first-order valence-corrected chi connectivity index (χ1v) is 7.23. The SMILES string of the molecule is O=C(CNCC1CC1)NCc1ccnc(-n2cccn2)c1. The van der Waals surface area contributed by atoms with E-state index >= 15 is 0 Å². The van der Waals surface area contributed by atoms with Gasteiger partial charge in [0.1, 0.15) is 0 Å². The summed E-state index contributed by atoms with van der Waals surface area (Å²) in [5.41, 5.74) is 1.01. The van der Waals surface area contributed by atoms with Crippen molar-refractivity contribution in [3.05, 3.63) is 42.4 Å². The molecule has 0 radical (unpaired) electrons. The molecule has 2 N–H and O–H groups in total. The van der Waals surface area contributed by atoms with Gasteiger partial charge in [-0.15, -0.1) is 0 Å². The fourth-order valence-corrected chi connectivity index (χ4v) is 2.08. The summed E-state index contributed by atoms with van der Waals surface area (Å²) in [4.78, 5) is 16.0. The highest BCUT2D eigenvalue weighted by molar-refractivity contribution is 5.77. The predicted molar refractivity (Wildman–Crippen MR) is 78.8 cm³/mol. The van der Waals surface area contributed by atoms with Gasteiger partial charge in [-0.2, -0.15) is 5.10 Å². The smallest absolute Gasteiger partial charge is 0.234 e. The molecule has 21 heavy (non-hydrogen) atoms. The quantitative estimate of drug-likeness (QED) is 0.792. The molecule has 6 nitrogen and oxygen atoms in total. The number of hydrogen-bond acceptors (Lipinski definition) is 4. The third-order valence-corrected chi connectivity index (χ3v) is 3.45. The van der Waals surface area contributed by atoms with E-state index in [4.69, 9.17) is 0 Å². The summed E-state index contributed by atoms with van der Waals surface area (Å²) in [6, 6.07) is 5.66. The first-order chi connectivity index (χ1) is 10.3. The second-order valence-corrected chi connectivity index (χ2v) is 5.32. The summed E-state index contributed by atoms with van der Waals surface area (Å²) in [5.74, 6) is 1.56. The molecule has 0 unspecified atom stereocenters. The average Bonchev–Trinajstić information content (AvgIpc) is 3.16. The van der Waals surface area contributed by atoms with Crippen LogP contribution in [0, 0.1) is 5.92 Å². The molecule has 0 aromatic carbocycles. The molecule has 1 fully saturated rings. The van der Waals surface area contributed by atoms with Crippen LogP contribution in [0.2, 0.25) is 0 Å². The van der Waals surface area contributed by atoms with Gasteiger partial charge in [-0.25, -0.2) is 9.67 Å². The van der Waals surface area contributed by atoms with E-state index in [9.17, 15) is 4.79 Å². The maximum Gasteiger partial charge on any atom is 0.234 e. The van der Waals surface area contributed by atoms with E-state index in [-0.39, 0.29) is 5.91 Å². The molecule has 1 aliphatic rings. The van der Waals surface area contributed by atoms with E-state index in [0.29, 0.717) is 13.1 Å². The van der Waals surface area contributed by atoms with Crippen molar-refractivity contribution >= 4 is 5.91 Å². The van der Waals surface area contributed by atoms with Crippen molar-refractivity contribution < 1.29 is 4.79 Å². The highest BCUT2D eigenvalue weighted by atomic mass is 16.1. The molecular weight excluding hydrogens is 266 g/mol. The summed E-state index contributed by atoms with van der Waals surface area (Å²) in [5, 5.41) is 10.2. The number of carbonyl (C=O) groups is 1. The summed E-state index contributed by atoms with van der Waals surface area (Å²) in [6.07, 6.45) is 7.86. The molecule has 1 amide bonds. The zero-order valence-corrected chi connectivity index (χ0v) is 11.8. The Morgan fingerprint density at radius 3 is 3.05 bits per heavy atom. The van der Waals surface area contributed by atoms with E-state index in [0.717, 1.165) is 23.8 Å². The van der Waals surface area contributed by atoms with Gasteiger partial charge in [-0.1, -0.05) is 0 Å². The molecule has 2 aromatic heterocycles.